The van der Waals surface area contributed by atoms with E-state index in [2.05, 4.69) is 20.6 Å². The Labute approximate surface area is 123 Å². The highest BCUT2D eigenvalue weighted by atomic mass is 16.5. The molecule has 0 atom stereocenters. The summed E-state index contributed by atoms with van der Waals surface area (Å²) in [5.41, 5.74) is 0.861. The first kappa shape index (κ1) is 14.8. The lowest BCUT2D eigenvalue weighted by Crippen LogP contribution is -2.16. The number of carbonyl (C=O) groups excluding carboxylic acids is 1. The van der Waals surface area contributed by atoms with Crippen LogP contribution in [0.25, 0.3) is 0 Å². The number of hydrogen-bond donors (Lipinski definition) is 2. The average Bonchev–Trinajstić information content (AvgIpc) is 2.50. The molecule has 0 aliphatic carbocycles. The van der Waals surface area contributed by atoms with Gasteiger partial charge < -0.3 is 15.4 Å². The summed E-state index contributed by atoms with van der Waals surface area (Å²) < 4.78 is 5.47. The molecule has 2 aromatic rings. The van der Waals surface area contributed by atoms with Crippen LogP contribution in [-0.4, -0.2) is 29.0 Å². The highest BCUT2D eigenvalue weighted by Gasteiger charge is 2.11. The Kier molecular flexibility index (Phi) is 5.09. The second-order valence-corrected chi connectivity index (χ2v) is 4.20. The Morgan fingerprint density at radius 1 is 1.24 bits per heavy atom. The van der Waals surface area contributed by atoms with Crippen LogP contribution in [0.5, 0.6) is 5.75 Å². The predicted molar refractivity (Wildman–Crippen MR) is 81.8 cm³/mol. The molecule has 0 fully saturated rings. The van der Waals surface area contributed by atoms with Crippen LogP contribution < -0.4 is 15.4 Å². The topological polar surface area (TPSA) is 76.1 Å². The van der Waals surface area contributed by atoms with Crippen molar-refractivity contribution < 1.29 is 9.53 Å². The zero-order chi connectivity index (χ0) is 15.1. The van der Waals surface area contributed by atoms with Gasteiger partial charge >= 0.3 is 0 Å². The monoisotopic (exact) mass is 286 g/mol. The Bertz CT molecular complexity index is 616. The number of amides is 1. The Balaban J connectivity index is 2.16. The van der Waals surface area contributed by atoms with Crippen LogP contribution in [0.4, 0.5) is 11.5 Å². The van der Waals surface area contributed by atoms with Crippen molar-refractivity contribution in [2.24, 2.45) is 0 Å². The maximum atomic E-state index is 12.2. The molecule has 0 saturated heterocycles. The van der Waals surface area contributed by atoms with Crippen molar-refractivity contribution in [3.05, 3.63) is 42.4 Å². The lowest BCUT2D eigenvalue weighted by atomic mass is 10.3. The van der Waals surface area contributed by atoms with Crippen LogP contribution in [0.2, 0.25) is 0 Å². The van der Waals surface area contributed by atoms with E-state index in [9.17, 15) is 4.79 Å². The van der Waals surface area contributed by atoms with Gasteiger partial charge in [-0.1, -0.05) is 12.1 Å². The van der Waals surface area contributed by atoms with Gasteiger partial charge in [-0.15, -0.1) is 0 Å². The number of para-hydroxylation sites is 2. The van der Waals surface area contributed by atoms with E-state index in [-0.39, 0.29) is 11.6 Å². The quantitative estimate of drug-likeness (QED) is 0.853. The molecule has 110 valence electrons. The zero-order valence-electron chi connectivity index (χ0n) is 12.1. The minimum absolute atomic E-state index is 0.250. The molecule has 2 rings (SSSR count). The first-order valence-electron chi connectivity index (χ1n) is 6.83. The molecule has 0 spiro atoms. The van der Waals surface area contributed by atoms with Crippen LogP contribution in [0.1, 0.15) is 24.3 Å². The summed E-state index contributed by atoms with van der Waals surface area (Å²) in [4.78, 5) is 20.4. The second kappa shape index (κ2) is 7.23. The normalized spacial score (nSPS) is 10.0. The molecule has 0 radical (unpaired) electrons. The van der Waals surface area contributed by atoms with Gasteiger partial charge in [0.05, 0.1) is 24.7 Å². The summed E-state index contributed by atoms with van der Waals surface area (Å²) in [7, 11) is 0. The molecule has 0 unspecified atom stereocenters. The summed E-state index contributed by atoms with van der Waals surface area (Å²) in [6, 6.07) is 7.27. The van der Waals surface area contributed by atoms with Crippen molar-refractivity contribution >= 4 is 17.4 Å². The number of nitrogens with one attached hydrogen (secondary N) is 2. The molecular weight excluding hydrogens is 268 g/mol. The molecule has 0 saturated carbocycles. The summed E-state index contributed by atoms with van der Waals surface area (Å²) in [6.07, 6.45) is 3.01. The van der Waals surface area contributed by atoms with E-state index in [0.717, 1.165) is 0 Å². The number of anilines is 2. The van der Waals surface area contributed by atoms with Gasteiger partial charge in [0.15, 0.2) is 0 Å². The molecule has 2 N–H and O–H groups in total. The molecule has 21 heavy (non-hydrogen) atoms. The standard InChI is InChI=1S/C15H18N4O2/c1-3-17-14-10-16-9-12(18-14)15(20)19-11-7-5-6-8-13(11)21-4-2/h5-10H,3-4H2,1-2H3,(H,17,18)(H,19,20). The molecular formula is C15H18N4O2. The van der Waals surface area contributed by atoms with Crippen molar-refractivity contribution in [2.75, 3.05) is 23.8 Å². The minimum atomic E-state index is -0.325. The Morgan fingerprint density at radius 3 is 2.81 bits per heavy atom. The molecule has 0 aliphatic heterocycles. The number of aromatic nitrogens is 2. The van der Waals surface area contributed by atoms with Gasteiger partial charge in [0, 0.05) is 6.54 Å². The first-order valence-corrected chi connectivity index (χ1v) is 6.83. The summed E-state index contributed by atoms with van der Waals surface area (Å²) >= 11 is 0. The first-order chi connectivity index (χ1) is 10.2. The Hall–Kier alpha value is -2.63. The Morgan fingerprint density at radius 2 is 2.05 bits per heavy atom. The summed E-state index contributed by atoms with van der Waals surface area (Å²) in [5.74, 6) is 0.877. The molecule has 6 nitrogen and oxygen atoms in total. The van der Waals surface area contributed by atoms with Crippen LogP contribution in [0, 0.1) is 0 Å². The maximum absolute atomic E-state index is 12.2. The predicted octanol–water partition coefficient (Wildman–Crippen LogP) is 2.56. The summed E-state index contributed by atoms with van der Waals surface area (Å²) in [6.45, 7) is 5.09. The largest absolute Gasteiger partial charge is 0.492 e. The average molecular weight is 286 g/mol. The lowest BCUT2D eigenvalue weighted by molar-refractivity contribution is 0.102. The van der Waals surface area contributed by atoms with E-state index >= 15 is 0 Å². The molecule has 1 heterocycles. The third kappa shape index (κ3) is 3.92. The van der Waals surface area contributed by atoms with Gasteiger partial charge in [0.2, 0.25) is 0 Å². The second-order valence-electron chi connectivity index (χ2n) is 4.20. The highest BCUT2D eigenvalue weighted by molar-refractivity contribution is 6.03. The van der Waals surface area contributed by atoms with E-state index in [1.165, 1.54) is 6.20 Å². The molecule has 0 bridgehead atoms. The number of hydrogen-bond acceptors (Lipinski definition) is 5. The number of nitrogens with zero attached hydrogens (tertiary/aromatic N) is 2. The van der Waals surface area contributed by atoms with E-state index < -0.39 is 0 Å². The SMILES string of the molecule is CCNc1cncc(C(=O)Nc2ccccc2OCC)n1. The fourth-order valence-corrected chi connectivity index (χ4v) is 1.78. The number of carbonyl (C=O) groups is 1. The molecule has 1 amide bonds. The van der Waals surface area contributed by atoms with Crippen molar-refractivity contribution in [3.8, 4) is 5.75 Å². The van der Waals surface area contributed by atoms with Crippen molar-refractivity contribution in [1.29, 1.82) is 0 Å². The van der Waals surface area contributed by atoms with E-state index in [0.29, 0.717) is 30.4 Å². The molecule has 0 aliphatic rings. The van der Waals surface area contributed by atoms with Gasteiger partial charge in [-0.25, -0.2) is 4.98 Å². The van der Waals surface area contributed by atoms with Crippen LogP contribution >= 0.6 is 0 Å². The van der Waals surface area contributed by atoms with Gasteiger partial charge in [-0.3, -0.25) is 9.78 Å². The molecule has 1 aromatic heterocycles. The van der Waals surface area contributed by atoms with Crippen LogP contribution in [-0.2, 0) is 0 Å². The molecule has 6 heteroatoms. The fraction of sp³-hybridized carbons (Fsp3) is 0.267. The zero-order valence-corrected chi connectivity index (χ0v) is 12.1. The number of rotatable bonds is 6. The van der Waals surface area contributed by atoms with Gasteiger partial charge in [-0.05, 0) is 26.0 Å². The van der Waals surface area contributed by atoms with Gasteiger partial charge in [0.25, 0.3) is 5.91 Å². The van der Waals surface area contributed by atoms with Crippen molar-refractivity contribution in [3.63, 3.8) is 0 Å². The van der Waals surface area contributed by atoms with Crippen LogP contribution in [0.3, 0.4) is 0 Å². The molecule has 1 aromatic carbocycles. The van der Waals surface area contributed by atoms with Crippen LogP contribution in [0.15, 0.2) is 36.7 Å². The highest BCUT2D eigenvalue weighted by Crippen LogP contribution is 2.24. The maximum Gasteiger partial charge on any atom is 0.276 e. The third-order valence-electron chi connectivity index (χ3n) is 2.66. The third-order valence-corrected chi connectivity index (χ3v) is 2.66. The fourth-order valence-electron chi connectivity index (χ4n) is 1.78. The smallest absolute Gasteiger partial charge is 0.276 e. The van der Waals surface area contributed by atoms with E-state index in [1.807, 2.05) is 26.0 Å². The minimum Gasteiger partial charge on any atom is -0.492 e. The van der Waals surface area contributed by atoms with Gasteiger partial charge in [-0.2, -0.15) is 0 Å². The van der Waals surface area contributed by atoms with Gasteiger partial charge in [0.1, 0.15) is 17.3 Å². The number of ether oxygens (including phenoxy) is 1. The van der Waals surface area contributed by atoms with E-state index in [4.69, 9.17) is 4.74 Å². The van der Waals surface area contributed by atoms with E-state index in [1.54, 1.807) is 18.3 Å². The number of benzene rings is 1. The van der Waals surface area contributed by atoms with Crippen molar-refractivity contribution in [1.82, 2.24) is 9.97 Å². The van der Waals surface area contributed by atoms with Crippen molar-refractivity contribution in [2.45, 2.75) is 13.8 Å². The summed E-state index contributed by atoms with van der Waals surface area (Å²) in [5, 5.41) is 5.81. The lowest BCUT2D eigenvalue weighted by Gasteiger charge is -2.11.